The Morgan fingerprint density at radius 3 is 2.53 bits per heavy atom. The van der Waals surface area contributed by atoms with Crippen LogP contribution in [-0.2, 0) is 4.79 Å². The van der Waals surface area contributed by atoms with Gasteiger partial charge in [0.05, 0.1) is 18.2 Å². The van der Waals surface area contributed by atoms with Gasteiger partial charge in [-0.15, -0.1) is 0 Å². The molecule has 3 atom stereocenters. The monoisotopic (exact) mass is 242 g/mol. The summed E-state index contributed by atoms with van der Waals surface area (Å²) in [6, 6.07) is -0.215. The smallest absolute Gasteiger partial charge is 0.239 e. The quantitative estimate of drug-likeness (QED) is 0.600. The first-order valence-corrected chi connectivity index (χ1v) is 6.46. The van der Waals surface area contributed by atoms with Gasteiger partial charge in [0.1, 0.15) is 0 Å². The second-order valence-corrected chi connectivity index (χ2v) is 5.25. The number of β-amino-alcohol motifs (C(OH)–C–C–N with tert-alkyl or cyclic N) is 1. The fraction of sp³-hybridized carbons (Fsp3) is 0.917. The largest absolute Gasteiger partial charge is 0.393 e. The molecule has 0 spiro atoms. The zero-order valence-corrected chi connectivity index (χ0v) is 10.3. The summed E-state index contributed by atoms with van der Waals surface area (Å²) in [5, 5.41) is 21.9. The SMILES string of the molecule is CC(O)C1CCN(C(=O)C2CC(O)CN2)CC1. The van der Waals surface area contributed by atoms with Gasteiger partial charge in [-0.25, -0.2) is 0 Å². The number of carbonyl (C=O) groups excluding carboxylic acids is 1. The van der Waals surface area contributed by atoms with Gasteiger partial charge in [0.2, 0.25) is 5.91 Å². The molecule has 5 heteroatoms. The van der Waals surface area contributed by atoms with E-state index in [2.05, 4.69) is 5.32 Å². The Morgan fingerprint density at radius 1 is 1.41 bits per heavy atom. The molecule has 0 aromatic heterocycles. The average molecular weight is 242 g/mol. The maximum atomic E-state index is 12.1. The number of rotatable bonds is 2. The Labute approximate surface area is 102 Å². The topological polar surface area (TPSA) is 72.8 Å². The van der Waals surface area contributed by atoms with Crippen molar-refractivity contribution < 1.29 is 15.0 Å². The van der Waals surface area contributed by atoms with E-state index < -0.39 is 0 Å². The molecule has 3 unspecified atom stereocenters. The number of nitrogens with zero attached hydrogens (tertiary/aromatic N) is 1. The summed E-state index contributed by atoms with van der Waals surface area (Å²) < 4.78 is 0. The molecule has 2 fully saturated rings. The molecule has 2 heterocycles. The summed E-state index contributed by atoms with van der Waals surface area (Å²) in [5.41, 5.74) is 0. The van der Waals surface area contributed by atoms with Crippen molar-refractivity contribution in [2.75, 3.05) is 19.6 Å². The summed E-state index contributed by atoms with van der Waals surface area (Å²) in [5.74, 6) is 0.423. The van der Waals surface area contributed by atoms with Crippen LogP contribution in [0.2, 0.25) is 0 Å². The minimum atomic E-state index is -0.390. The Balaban J connectivity index is 1.82. The highest BCUT2D eigenvalue weighted by molar-refractivity contribution is 5.82. The van der Waals surface area contributed by atoms with Crippen LogP contribution in [0.4, 0.5) is 0 Å². The van der Waals surface area contributed by atoms with Crippen LogP contribution in [0.1, 0.15) is 26.2 Å². The van der Waals surface area contributed by atoms with Crippen molar-refractivity contribution in [2.24, 2.45) is 5.92 Å². The van der Waals surface area contributed by atoms with Crippen molar-refractivity contribution in [2.45, 2.75) is 44.4 Å². The van der Waals surface area contributed by atoms with Crippen molar-refractivity contribution in [1.29, 1.82) is 0 Å². The van der Waals surface area contributed by atoms with E-state index in [1.807, 2.05) is 11.8 Å². The van der Waals surface area contributed by atoms with Crippen LogP contribution in [0.15, 0.2) is 0 Å². The Bertz CT molecular complexity index is 275. The van der Waals surface area contributed by atoms with Gasteiger partial charge < -0.3 is 20.4 Å². The van der Waals surface area contributed by atoms with E-state index in [9.17, 15) is 15.0 Å². The van der Waals surface area contributed by atoms with E-state index in [-0.39, 0.29) is 24.2 Å². The Morgan fingerprint density at radius 2 is 2.06 bits per heavy atom. The maximum Gasteiger partial charge on any atom is 0.239 e. The van der Waals surface area contributed by atoms with E-state index in [0.717, 1.165) is 25.9 Å². The third-order valence-electron chi connectivity index (χ3n) is 3.94. The molecule has 2 rings (SSSR count). The van der Waals surface area contributed by atoms with Gasteiger partial charge in [-0.3, -0.25) is 4.79 Å². The van der Waals surface area contributed by atoms with Gasteiger partial charge in [0.15, 0.2) is 0 Å². The van der Waals surface area contributed by atoms with E-state index in [1.165, 1.54) is 0 Å². The molecular formula is C12H22N2O3. The third kappa shape index (κ3) is 2.97. The second kappa shape index (κ2) is 5.33. The van der Waals surface area contributed by atoms with Gasteiger partial charge in [0, 0.05) is 19.6 Å². The Kier molecular flexibility index (Phi) is 4.01. The lowest BCUT2D eigenvalue weighted by Crippen LogP contribution is -2.47. The summed E-state index contributed by atoms with van der Waals surface area (Å²) in [7, 11) is 0. The third-order valence-corrected chi connectivity index (χ3v) is 3.94. The second-order valence-electron chi connectivity index (χ2n) is 5.25. The molecule has 2 saturated heterocycles. The van der Waals surface area contributed by atoms with Crippen LogP contribution in [0.5, 0.6) is 0 Å². The predicted octanol–water partition coefficient (Wildman–Crippen LogP) is -0.671. The van der Waals surface area contributed by atoms with Crippen molar-refractivity contribution in [1.82, 2.24) is 10.2 Å². The van der Waals surface area contributed by atoms with Crippen molar-refractivity contribution in [3.05, 3.63) is 0 Å². The van der Waals surface area contributed by atoms with Gasteiger partial charge in [-0.1, -0.05) is 0 Å². The highest BCUT2D eigenvalue weighted by Gasteiger charge is 2.33. The molecule has 0 bridgehead atoms. The molecule has 1 amide bonds. The fourth-order valence-corrected chi connectivity index (χ4v) is 2.73. The van der Waals surface area contributed by atoms with E-state index in [1.54, 1.807) is 0 Å². The summed E-state index contributed by atoms with van der Waals surface area (Å²) in [6.45, 7) is 3.78. The van der Waals surface area contributed by atoms with Gasteiger partial charge in [-0.2, -0.15) is 0 Å². The van der Waals surface area contributed by atoms with Gasteiger partial charge in [0.25, 0.3) is 0 Å². The van der Waals surface area contributed by atoms with E-state index in [4.69, 9.17) is 0 Å². The first-order valence-electron chi connectivity index (χ1n) is 6.46. The summed E-state index contributed by atoms with van der Waals surface area (Å²) in [4.78, 5) is 14.0. The number of hydrogen-bond donors (Lipinski definition) is 3. The lowest BCUT2D eigenvalue weighted by Gasteiger charge is -2.34. The van der Waals surface area contributed by atoms with Crippen LogP contribution in [0.3, 0.4) is 0 Å². The molecule has 17 heavy (non-hydrogen) atoms. The number of likely N-dealkylation sites (tertiary alicyclic amines) is 1. The van der Waals surface area contributed by atoms with Crippen molar-refractivity contribution >= 4 is 5.91 Å². The molecular weight excluding hydrogens is 220 g/mol. The highest BCUT2D eigenvalue weighted by atomic mass is 16.3. The number of carbonyl (C=O) groups is 1. The van der Waals surface area contributed by atoms with Crippen LogP contribution >= 0.6 is 0 Å². The molecule has 0 aromatic carbocycles. The fourth-order valence-electron chi connectivity index (χ4n) is 2.73. The molecule has 2 aliphatic heterocycles. The van der Waals surface area contributed by atoms with E-state index in [0.29, 0.717) is 18.9 Å². The first kappa shape index (κ1) is 12.8. The first-order chi connectivity index (χ1) is 8.08. The van der Waals surface area contributed by atoms with Crippen LogP contribution < -0.4 is 5.32 Å². The molecule has 3 N–H and O–H groups in total. The molecule has 5 nitrogen and oxygen atoms in total. The van der Waals surface area contributed by atoms with Crippen LogP contribution in [0, 0.1) is 5.92 Å². The van der Waals surface area contributed by atoms with Crippen molar-refractivity contribution in [3.8, 4) is 0 Å². The number of hydrogen-bond acceptors (Lipinski definition) is 4. The summed E-state index contributed by atoms with van der Waals surface area (Å²) >= 11 is 0. The number of aliphatic hydroxyl groups is 2. The number of amides is 1. The zero-order chi connectivity index (χ0) is 12.4. The lowest BCUT2D eigenvalue weighted by atomic mass is 9.92. The van der Waals surface area contributed by atoms with Crippen LogP contribution in [0.25, 0.3) is 0 Å². The number of nitrogens with one attached hydrogen (secondary N) is 1. The normalized spacial score (nSPS) is 32.8. The minimum Gasteiger partial charge on any atom is -0.393 e. The van der Waals surface area contributed by atoms with Crippen LogP contribution in [-0.4, -0.2) is 58.9 Å². The van der Waals surface area contributed by atoms with Gasteiger partial charge >= 0.3 is 0 Å². The molecule has 0 radical (unpaired) electrons. The predicted molar refractivity (Wildman–Crippen MR) is 63.4 cm³/mol. The van der Waals surface area contributed by atoms with E-state index >= 15 is 0 Å². The highest BCUT2D eigenvalue weighted by Crippen LogP contribution is 2.22. The molecule has 98 valence electrons. The molecule has 0 aliphatic carbocycles. The number of piperidine rings is 1. The molecule has 0 saturated carbocycles. The standard InChI is InChI=1S/C12H22N2O3/c1-8(15)9-2-4-14(5-3-9)12(17)11-6-10(16)7-13-11/h8-11,13,15-16H,2-7H2,1H3. The minimum absolute atomic E-state index is 0.102. The molecule has 2 aliphatic rings. The summed E-state index contributed by atoms with van der Waals surface area (Å²) in [6.07, 6.45) is 1.60. The van der Waals surface area contributed by atoms with Crippen molar-refractivity contribution in [3.63, 3.8) is 0 Å². The molecule has 0 aromatic rings. The Hall–Kier alpha value is -0.650. The average Bonchev–Trinajstić information content (AvgIpc) is 2.75. The lowest BCUT2D eigenvalue weighted by molar-refractivity contribution is -0.135. The maximum absolute atomic E-state index is 12.1. The van der Waals surface area contributed by atoms with Gasteiger partial charge in [-0.05, 0) is 32.1 Å². The zero-order valence-electron chi connectivity index (χ0n) is 10.3. The number of aliphatic hydroxyl groups excluding tert-OH is 2.